The molecule has 0 bridgehead atoms. The fourth-order valence-corrected chi connectivity index (χ4v) is 1.12. The molecule has 68 valence electrons. The number of nitrogens with two attached hydrogens (primary N) is 1. The molecule has 1 heterocycles. The van der Waals surface area contributed by atoms with Crippen LogP contribution in [0.3, 0.4) is 0 Å². The number of ether oxygens (including phenoxy) is 1. The lowest BCUT2D eigenvalue weighted by Gasteiger charge is -2.03. The van der Waals surface area contributed by atoms with Crippen molar-refractivity contribution in [2.45, 2.75) is 0 Å². The lowest BCUT2D eigenvalue weighted by atomic mass is 10.3. The average molecular weight is 243 g/mol. The summed E-state index contributed by atoms with van der Waals surface area (Å²) in [6.07, 6.45) is 2.14. The second kappa shape index (κ2) is 4.04. The van der Waals surface area contributed by atoms with Gasteiger partial charge in [0.2, 0.25) is 5.88 Å². The Balaban J connectivity index is 3.05. The third-order valence-electron chi connectivity index (χ3n) is 1.26. The van der Waals surface area contributed by atoms with Crippen LogP contribution in [0.4, 0.5) is 4.79 Å². The molecule has 0 atom stereocenters. The van der Waals surface area contributed by atoms with Crippen molar-refractivity contribution in [1.82, 2.24) is 4.98 Å². The highest BCUT2D eigenvalue weighted by Crippen LogP contribution is 2.20. The van der Waals surface area contributed by atoms with Gasteiger partial charge in [0.15, 0.2) is 0 Å². The van der Waals surface area contributed by atoms with E-state index < -0.39 is 6.09 Å². The summed E-state index contributed by atoms with van der Waals surface area (Å²) >= 11 is 3.22. The van der Waals surface area contributed by atoms with Crippen LogP contribution >= 0.6 is 15.9 Å². The van der Waals surface area contributed by atoms with Crippen molar-refractivity contribution >= 4 is 28.1 Å². The van der Waals surface area contributed by atoms with E-state index in [-0.39, 0.29) is 5.88 Å². The molecular formula is C8H7BrN2O2. The van der Waals surface area contributed by atoms with E-state index >= 15 is 0 Å². The molecule has 1 amide bonds. The molecular weight excluding hydrogens is 236 g/mol. The van der Waals surface area contributed by atoms with Gasteiger partial charge in [0, 0.05) is 16.2 Å². The molecule has 0 spiro atoms. The zero-order valence-electron chi connectivity index (χ0n) is 6.66. The maximum Gasteiger partial charge on any atom is 0.411 e. The van der Waals surface area contributed by atoms with E-state index in [0.29, 0.717) is 5.56 Å². The first kappa shape index (κ1) is 9.73. The number of hydrogen-bond acceptors (Lipinski definition) is 3. The number of carbonyl (C=O) groups excluding carboxylic acids is 1. The smallest absolute Gasteiger partial charge is 0.391 e. The van der Waals surface area contributed by atoms with Gasteiger partial charge in [0.25, 0.3) is 0 Å². The molecule has 4 nitrogen and oxygen atoms in total. The molecule has 2 N–H and O–H groups in total. The number of nitrogens with zero attached hydrogens (tertiary/aromatic N) is 1. The summed E-state index contributed by atoms with van der Waals surface area (Å²) in [5, 5.41) is 0. The van der Waals surface area contributed by atoms with Crippen molar-refractivity contribution in [3.05, 3.63) is 28.9 Å². The van der Waals surface area contributed by atoms with Gasteiger partial charge in [-0.3, -0.25) is 0 Å². The van der Waals surface area contributed by atoms with E-state index in [1.165, 1.54) is 12.3 Å². The Morgan fingerprint density at radius 3 is 3.00 bits per heavy atom. The minimum Gasteiger partial charge on any atom is -0.391 e. The molecule has 0 fully saturated rings. The Morgan fingerprint density at radius 2 is 2.46 bits per heavy atom. The number of primary amides is 1. The van der Waals surface area contributed by atoms with Gasteiger partial charge in [-0.15, -0.1) is 0 Å². The van der Waals surface area contributed by atoms with Gasteiger partial charge in [-0.05, 0) is 22.0 Å². The minimum atomic E-state index is -0.891. The number of amides is 1. The summed E-state index contributed by atoms with van der Waals surface area (Å²) in [7, 11) is 0. The van der Waals surface area contributed by atoms with Crippen molar-refractivity contribution in [2.75, 3.05) is 0 Å². The second-order valence-corrected chi connectivity index (χ2v) is 3.09. The fraction of sp³-hybridized carbons (Fsp3) is 0. The normalized spacial score (nSPS) is 9.31. The number of carbonyl (C=O) groups is 1. The Labute approximate surface area is 83.5 Å². The summed E-state index contributed by atoms with van der Waals surface area (Å²) < 4.78 is 5.40. The minimum absolute atomic E-state index is 0.158. The molecule has 0 aliphatic heterocycles. The van der Waals surface area contributed by atoms with E-state index in [0.717, 1.165) is 4.47 Å². The van der Waals surface area contributed by atoms with Gasteiger partial charge < -0.3 is 10.5 Å². The van der Waals surface area contributed by atoms with Crippen molar-refractivity contribution in [1.29, 1.82) is 0 Å². The predicted molar refractivity (Wildman–Crippen MR) is 52.2 cm³/mol. The van der Waals surface area contributed by atoms with E-state index in [1.807, 2.05) is 0 Å². The van der Waals surface area contributed by atoms with Crippen molar-refractivity contribution in [3.63, 3.8) is 0 Å². The van der Waals surface area contributed by atoms with Gasteiger partial charge in [0.05, 0.1) is 0 Å². The van der Waals surface area contributed by atoms with Crippen LogP contribution in [0.5, 0.6) is 5.88 Å². The van der Waals surface area contributed by atoms with Crippen LogP contribution in [0, 0.1) is 0 Å². The quantitative estimate of drug-likeness (QED) is 0.863. The van der Waals surface area contributed by atoms with Crippen LogP contribution in [-0.2, 0) is 0 Å². The van der Waals surface area contributed by atoms with Crippen molar-refractivity contribution in [3.8, 4) is 5.88 Å². The number of aromatic nitrogens is 1. The maximum atomic E-state index is 10.4. The molecule has 5 heteroatoms. The molecule has 1 aromatic heterocycles. The van der Waals surface area contributed by atoms with Crippen molar-refractivity contribution < 1.29 is 9.53 Å². The predicted octanol–water partition coefficient (Wildman–Crippen LogP) is 1.94. The highest BCUT2D eigenvalue weighted by atomic mass is 79.9. The van der Waals surface area contributed by atoms with E-state index in [9.17, 15) is 4.79 Å². The average Bonchev–Trinajstić information content (AvgIpc) is 2.07. The summed E-state index contributed by atoms with van der Waals surface area (Å²) in [5.74, 6) is 0.158. The summed E-state index contributed by atoms with van der Waals surface area (Å²) in [4.78, 5) is 14.3. The molecule has 0 saturated heterocycles. The van der Waals surface area contributed by atoms with Crippen LogP contribution in [0.2, 0.25) is 0 Å². The fourth-order valence-electron chi connectivity index (χ4n) is 0.769. The van der Waals surface area contributed by atoms with Gasteiger partial charge in [-0.25, -0.2) is 9.78 Å². The number of pyridine rings is 1. The summed E-state index contributed by atoms with van der Waals surface area (Å²) in [6, 6.07) is 1.72. The molecule has 13 heavy (non-hydrogen) atoms. The Bertz CT molecular complexity index is 352. The topological polar surface area (TPSA) is 65.2 Å². The number of rotatable bonds is 2. The monoisotopic (exact) mass is 242 g/mol. The van der Waals surface area contributed by atoms with E-state index in [2.05, 4.69) is 32.2 Å². The van der Waals surface area contributed by atoms with Crippen LogP contribution < -0.4 is 10.5 Å². The standard InChI is InChI=1S/C8H7BrN2O2/c1-2-5-3-6(9)4-11-7(5)13-8(10)12/h2-4H,1H2,(H2,10,12). The first-order valence-electron chi connectivity index (χ1n) is 3.38. The lowest BCUT2D eigenvalue weighted by molar-refractivity contribution is 0.209. The largest absolute Gasteiger partial charge is 0.411 e. The summed E-state index contributed by atoms with van der Waals surface area (Å²) in [5.41, 5.74) is 5.44. The van der Waals surface area contributed by atoms with Gasteiger partial charge in [-0.2, -0.15) is 0 Å². The number of hydrogen-bond donors (Lipinski definition) is 1. The van der Waals surface area contributed by atoms with Gasteiger partial charge in [0.1, 0.15) is 0 Å². The van der Waals surface area contributed by atoms with Crippen molar-refractivity contribution in [2.24, 2.45) is 5.73 Å². The zero-order valence-corrected chi connectivity index (χ0v) is 8.24. The van der Waals surface area contributed by atoms with Gasteiger partial charge >= 0.3 is 6.09 Å². The molecule has 0 aromatic carbocycles. The highest BCUT2D eigenvalue weighted by molar-refractivity contribution is 9.10. The molecule has 0 unspecified atom stereocenters. The maximum absolute atomic E-state index is 10.4. The Morgan fingerprint density at radius 1 is 1.77 bits per heavy atom. The third-order valence-corrected chi connectivity index (χ3v) is 1.70. The zero-order chi connectivity index (χ0) is 9.84. The Kier molecular flexibility index (Phi) is 3.02. The van der Waals surface area contributed by atoms with Crippen LogP contribution in [-0.4, -0.2) is 11.1 Å². The molecule has 0 saturated carbocycles. The third kappa shape index (κ3) is 2.55. The van der Waals surface area contributed by atoms with E-state index in [1.54, 1.807) is 6.07 Å². The van der Waals surface area contributed by atoms with Gasteiger partial charge in [-0.1, -0.05) is 12.7 Å². The summed E-state index contributed by atoms with van der Waals surface area (Å²) in [6.45, 7) is 3.55. The molecule has 0 aliphatic carbocycles. The molecule has 0 aliphatic rings. The highest BCUT2D eigenvalue weighted by Gasteiger charge is 2.05. The van der Waals surface area contributed by atoms with Crippen LogP contribution in [0.25, 0.3) is 6.08 Å². The van der Waals surface area contributed by atoms with Crippen LogP contribution in [0.1, 0.15) is 5.56 Å². The Hall–Kier alpha value is -1.36. The first-order valence-corrected chi connectivity index (χ1v) is 4.18. The molecule has 1 rings (SSSR count). The molecule has 0 radical (unpaired) electrons. The lowest BCUT2D eigenvalue weighted by Crippen LogP contribution is -2.17. The molecule has 1 aromatic rings. The second-order valence-electron chi connectivity index (χ2n) is 2.17. The number of halogens is 1. The first-order chi connectivity index (χ1) is 6.13. The SMILES string of the molecule is C=Cc1cc(Br)cnc1OC(N)=O. The van der Waals surface area contributed by atoms with E-state index in [4.69, 9.17) is 5.73 Å². The van der Waals surface area contributed by atoms with Crippen LogP contribution in [0.15, 0.2) is 23.3 Å².